The molecule has 2 aromatic rings. The molecule has 0 unspecified atom stereocenters. The molecule has 0 saturated heterocycles. The molecule has 2 rings (SSSR count). The second kappa shape index (κ2) is 6.38. The number of hydrogen-bond acceptors (Lipinski definition) is 1. The molecule has 0 aliphatic heterocycles. The number of urea groups is 1. The third-order valence-electron chi connectivity index (χ3n) is 2.70. The average molecular weight is 319 g/mol. The first-order chi connectivity index (χ1) is 9.15. The van der Waals surface area contributed by atoms with E-state index in [4.69, 9.17) is 0 Å². The van der Waals surface area contributed by atoms with E-state index in [0.29, 0.717) is 6.54 Å². The number of anilines is 1. The van der Waals surface area contributed by atoms with E-state index in [1.54, 1.807) is 11.9 Å². The van der Waals surface area contributed by atoms with Crippen LogP contribution >= 0.6 is 15.9 Å². The summed E-state index contributed by atoms with van der Waals surface area (Å²) in [5.41, 5.74) is 1.89. The summed E-state index contributed by atoms with van der Waals surface area (Å²) >= 11 is 3.39. The summed E-state index contributed by atoms with van der Waals surface area (Å²) in [6.07, 6.45) is 0. The highest BCUT2D eigenvalue weighted by Gasteiger charge is 2.08. The molecular formula is C15H15BrN2O. The van der Waals surface area contributed by atoms with Crippen LogP contribution in [0.4, 0.5) is 10.5 Å². The molecule has 0 aliphatic carbocycles. The van der Waals surface area contributed by atoms with Crippen LogP contribution < -0.4 is 5.32 Å². The van der Waals surface area contributed by atoms with Crippen molar-refractivity contribution in [3.63, 3.8) is 0 Å². The number of benzene rings is 2. The Bertz CT molecular complexity index is 540. The first-order valence-corrected chi connectivity index (χ1v) is 6.76. The molecule has 0 aliphatic rings. The minimum absolute atomic E-state index is 0.117. The van der Waals surface area contributed by atoms with Crippen LogP contribution in [0.3, 0.4) is 0 Å². The molecule has 98 valence electrons. The topological polar surface area (TPSA) is 32.3 Å². The van der Waals surface area contributed by atoms with Gasteiger partial charge in [-0.3, -0.25) is 0 Å². The van der Waals surface area contributed by atoms with Gasteiger partial charge in [0.15, 0.2) is 0 Å². The van der Waals surface area contributed by atoms with Crippen LogP contribution in [0.5, 0.6) is 0 Å². The SMILES string of the molecule is CN(Cc1ccc(Br)cc1)C(=O)Nc1ccccc1. The summed E-state index contributed by atoms with van der Waals surface area (Å²) in [7, 11) is 1.78. The number of carbonyl (C=O) groups excluding carboxylic acids is 1. The Morgan fingerprint density at radius 2 is 1.74 bits per heavy atom. The number of hydrogen-bond donors (Lipinski definition) is 1. The molecule has 1 N–H and O–H groups in total. The molecule has 0 bridgehead atoms. The zero-order valence-corrected chi connectivity index (χ0v) is 12.2. The predicted octanol–water partition coefficient (Wildman–Crippen LogP) is 4.11. The summed E-state index contributed by atoms with van der Waals surface area (Å²) in [6.45, 7) is 0.575. The number of carbonyl (C=O) groups is 1. The van der Waals surface area contributed by atoms with Crippen LogP contribution in [0.25, 0.3) is 0 Å². The number of rotatable bonds is 3. The third-order valence-corrected chi connectivity index (χ3v) is 3.23. The second-order valence-electron chi connectivity index (χ2n) is 4.28. The van der Waals surface area contributed by atoms with Crippen molar-refractivity contribution in [1.82, 2.24) is 4.90 Å². The first-order valence-electron chi connectivity index (χ1n) is 5.97. The Morgan fingerprint density at radius 1 is 1.11 bits per heavy atom. The molecule has 0 atom stereocenters. The largest absolute Gasteiger partial charge is 0.323 e. The summed E-state index contributed by atoms with van der Waals surface area (Å²) < 4.78 is 1.03. The fourth-order valence-corrected chi connectivity index (χ4v) is 1.94. The van der Waals surface area contributed by atoms with Crippen molar-refractivity contribution in [3.8, 4) is 0 Å². The van der Waals surface area contributed by atoms with E-state index in [0.717, 1.165) is 15.7 Å². The summed E-state index contributed by atoms with van der Waals surface area (Å²) in [4.78, 5) is 13.6. The average Bonchev–Trinajstić information content (AvgIpc) is 2.42. The van der Waals surface area contributed by atoms with Gasteiger partial charge in [-0.1, -0.05) is 46.3 Å². The molecule has 0 heterocycles. The maximum absolute atomic E-state index is 12.0. The smallest absolute Gasteiger partial charge is 0.321 e. The van der Waals surface area contributed by atoms with Crippen molar-refractivity contribution < 1.29 is 4.79 Å². The molecule has 4 heteroatoms. The van der Waals surface area contributed by atoms with Gasteiger partial charge in [0.1, 0.15) is 0 Å². The van der Waals surface area contributed by atoms with Crippen molar-refractivity contribution in [2.75, 3.05) is 12.4 Å². The standard InChI is InChI=1S/C15H15BrN2O/c1-18(11-12-7-9-13(16)10-8-12)15(19)17-14-5-3-2-4-6-14/h2-10H,11H2,1H3,(H,17,19). The van der Waals surface area contributed by atoms with Gasteiger partial charge in [0, 0.05) is 23.8 Å². The van der Waals surface area contributed by atoms with Crippen molar-refractivity contribution in [2.24, 2.45) is 0 Å². The lowest BCUT2D eigenvalue weighted by Crippen LogP contribution is -2.30. The zero-order chi connectivity index (χ0) is 13.7. The Morgan fingerprint density at radius 3 is 2.37 bits per heavy atom. The van der Waals surface area contributed by atoms with E-state index >= 15 is 0 Å². The fourth-order valence-electron chi connectivity index (χ4n) is 1.68. The van der Waals surface area contributed by atoms with Crippen LogP contribution in [-0.4, -0.2) is 18.0 Å². The second-order valence-corrected chi connectivity index (χ2v) is 5.19. The number of para-hydroxylation sites is 1. The van der Waals surface area contributed by atoms with E-state index in [1.165, 1.54) is 0 Å². The number of halogens is 1. The molecule has 0 radical (unpaired) electrons. The van der Waals surface area contributed by atoms with Crippen LogP contribution in [0.1, 0.15) is 5.56 Å². The first kappa shape index (κ1) is 13.6. The monoisotopic (exact) mass is 318 g/mol. The van der Waals surface area contributed by atoms with Crippen molar-refractivity contribution in [2.45, 2.75) is 6.54 Å². The molecule has 0 spiro atoms. The van der Waals surface area contributed by atoms with Crippen molar-refractivity contribution >= 4 is 27.6 Å². The normalized spacial score (nSPS) is 10.0. The van der Waals surface area contributed by atoms with Gasteiger partial charge in [0.05, 0.1) is 0 Å². The van der Waals surface area contributed by atoms with Gasteiger partial charge in [-0.05, 0) is 29.8 Å². The number of nitrogens with one attached hydrogen (secondary N) is 1. The van der Waals surface area contributed by atoms with Crippen LogP contribution in [0, 0.1) is 0 Å². The fraction of sp³-hybridized carbons (Fsp3) is 0.133. The van der Waals surface area contributed by atoms with E-state index in [2.05, 4.69) is 21.2 Å². The molecule has 2 amide bonds. The van der Waals surface area contributed by atoms with Gasteiger partial charge in [0.2, 0.25) is 0 Å². The van der Waals surface area contributed by atoms with Gasteiger partial charge in [-0.15, -0.1) is 0 Å². The van der Waals surface area contributed by atoms with Crippen LogP contribution in [0.2, 0.25) is 0 Å². The lowest BCUT2D eigenvalue weighted by Gasteiger charge is -2.18. The number of nitrogens with zero attached hydrogens (tertiary/aromatic N) is 1. The minimum atomic E-state index is -0.117. The lowest BCUT2D eigenvalue weighted by atomic mass is 10.2. The Hall–Kier alpha value is -1.81. The maximum atomic E-state index is 12.0. The maximum Gasteiger partial charge on any atom is 0.321 e. The van der Waals surface area contributed by atoms with Crippen LogP contribution in [0.15, 0.2) is 59.1 Å². The Kier molecular flexibility index (Phi) is 4.58. The van der Waals surface area contributed by atoms with Gasteiger partial charge in [-0.25, -0.2) is 4.79 Å². The van der Waals surface area contributed by atoms with E-state index in [-0.39, 0.29) is 6.03 Å². The summed E-state index contributed by atoms with van der Waals surface area (Å²) in [5.74, 6) is 0. The number of amides is 2. The van der Waals surface area contributed by atoms with Crippen molar-refractivity contribution in [1.29, 1.82) is 0 Å². The molecule has 3 nitrogen and oxygen atoms in total. The highest BCUT2D eigenvalue weighted by molar-refractivity contribution is 9.10. The molecule has 0 aromatic heterocycles. The molecule has 2 aromatic carbocycles. The van der Waals surface area contributed by atoms with Crippen molar-refractivity contribution in [3.05, 3.63) is 64.6 Å². The van der Waals surface area contributed by atoms with Gasteiger partial charge < -0.3 is 10.2 Å². The van der Waals surface area contributed by atoms with Gasteiger partial charge >= 0.3 is 6.03 Å². The quantitative estimate of drug-likeness (QED) is 0.907. The molecule has 0 saturated carbocycles. The van der Waals surface area contributed by atoms with Gasteiger partial charge in [-0.2, -0.15) is 0 Å². The minimum Gasteiger partial charge on any atom is -0.323 e. The molecular weight excluding hydrogens is 304 g/mol. The predicted molar refractivity (Wildman–Crippen MR) is 81.1 cm³/mol. The van der Waals surface area contributed by atoms with E-state index in [9.17, 15) is 4.79 Å². The van der Waals surface area contributed by atoms with Gasteiger partial charge in [0.25, 0.3) is 0 Å². The lowest BCUT2D eigenvalue weighted by molar-refractivity contribution is 0.220. The Balaban J connectivity index is 1.94. The third kappa shape index (κ3) is 4.10. The van der Waals surface area contributed by atoms with Crippen LogP contribution in [-0.2, 0) is 6.54 Å². The highest BCUT2D eigenvalue weighted by Crippen LogP contribution is 2.12. The Labute approximate surface area is 121 Å². The summed E-state index contributed by atoms with van der Waals surface area (Å²) in [6, 6.07) is 17.3. The molecule has 19 heavy (non-hydrogen) atoms. The van der Waals surface area contributed by atoms with E-state index in [1.807, 2.05) is 54.6 Å². The highest BCUT2D eigenvalue weighted by atomic mass is 79.9. The zero-order valence-electron chi connectivity index (χ0n) is 10.6. The molecule has 0 fully saturated rings. The summed E-state index contributed by atoms with van der Waals surface area (Å²) in [5, 5.41) is 2.85. The van der Waals surface area contributed by atoms with E-state index < -0.39 is 0 Å².